The van der Waals surface area contributed by atoms with Gasteiger partial charge in [-0.2, -0.15) is 13.2 Å². The van der Waals surface area contributed by atoms with E-state index in [1.807, 2.05) is 0 Å². The second-order valence-electron chi connectivity index (χ2n) is 3.74. The van der Waals surface area contributed by atoms with Crippen LogP contribution in [-0.4, -0.2) is 36.2 Å². The van der Waals surface area contributed by atoms with E-state index < -0.39 is 42.5 Å². The van der Waals surface area contributed by atoms with E-state index in [4.69, 9.17) is 0 Å². The number of rotatable bonds is 3. The number of hydrogen-bond donors (Lipinski definition) is 0. The van der Waals surface area contributed by atoms with Crippen molar-refractivity contribution >= 4 is 11.8 Å². The Kier molecular flexibility index (Phi) is 3.81. The Morgan fingerprint density at radius 1 is 1.53 bits per heavy atom. The van der Waals surface area contributed by atoms with E-state index in [9.17, 15) is 22.8 Å². The molecule has 0 N–H and O–H groups in total. The fourth-order valence-electron chi connectivity index (χ4n) is 1.68. The number of esters is 1. The summed E-state index contributed by atoms with van der Waals surface area (Å²) in [4.78, 5) is 22.6. The summed E-state index contributed by atoms with van der Waals surface area (Å²) in [5.41, 5.74) is -2.55. The van der Waals surface area contributed by atoms with Crippen LogP contribution in [-0.2, 0) is 19.1 Å². The molecule has 1 rings (SSSR count). The van der Waals surface area contributed by atoms with Crippen LogP contribution >= 0.6 is 0 Å². The van der Waals surface area contributed by atoms with E-state index in [1.165, 1.54) is 13.8 Å². The van der Waals surface area contributed by atoms with Gasteiger partial charge in [0.2, 0.25) is 6.10 Å². The minimum atomic E-state index is -4.68. The van der Waals surface area contributed by atoms with Gasteiger partial charge in [0, 0.05) is 6.42 Å². The van der Waals surface area contributed by atoms with Crippen LogP contribution in [0.1, 0.15) is 26.7 Å². The Balaban J connectivity index is 2.91. The van der Waals surface area contributed by atoms with Gasteiger partial charge >= 0.3 is 12.1 Å². The highest BCUT2D eigenvalue weighted by Crippen LogP contribution is 2.44. The third-order valence-electron chi connectivity index (χ3n) is 2.68. The van der Waals surface area contributed by atoms with Gasteiger partial charge in [-0.15, -0.1) is 0 Å². The molecule has 1 aliphatic rings. The predicted molar refractivity (Wildman–Crippen MR) is 50.2 cm³/mol. The van der Waals surface area contributed by atoms with Crippen LogP contribution in [0, 0.1) is 0 Å². The Morgan fingerprint density at radius 3 is 2.47 bits per heavy atom. The van der Waals surface area contributed by atoms with Crippen molar-refractivity contribution in [2.24, 2.45) is 0 Å². The van der Waals surface area contributed by atoms with Gasteiger partial charge in [0.25, 0.3) is 0 Å². The normalized spacial score (nSPS) is 29.5. The van der Waals surface area contributed by atoms with Crippen molar-refractivity contribution in [3.05, 3.63) is 0 Å². The van der Waals surface area contributed by atoms with Crippen molar-refractivity contribution in [3.8, 4) is 0 Å². The molecule has 98 valence electrons. The second kappa shape index (κ2) is 4.64. The van der Waals surface area contributed by atoms with Gasteiger partial charge in [0.1, 0.15) is 0 Å². The zero-order valence-electron chi connectivity index (χ0n) is 9.47. The van der Waals surface area contributed by atoms with Crippen molar-refractivity contribution in [2.75, 3.05) is 6.61 Å². The minimum absolute atomic E-state index is 0.0167. The van der Waals surface area contributed by atoms with E-state index in [0.717, 1.165) is 0 Å². The zero-order chi connectivity index (χ0) is 13.3. The topological polar surface area (TPSA) is 52.6 Å². The van der Waals surface area contributed by atoms with Gasteiger partial charge < -0.3 is 9.47 Å². The van der Waals surface area contributed by atoms with E-state index in [0.29, 0.717) is 0 Å². The molecular weight excluding hydrogens is 241 g/mol. The highest BCUT2D eigenvalue weighted by Gasteiger charge is 2.63. The maximum absolute atomic E-state index is 12.8. The Labute approximate surface area is 96.1 Å². The van der Waals surface area contributed by atoms with Gasteiger partial charge in [-0.3, -0.25) is 4.79 Å². The molecule has 0 bridgehead atoms. The second-order valence-corrected chi connectivity index (χ2v) is 3.74. The van der Waals surface area contributed by atoms with Crippen LogP contribution in [0.2, 0.25) is 0 Å². The maximum atomic E-state index is 12.8. The van der Waals surface area contributed by atoms with Gasteiger partial charge in [-0.05, 0) is 13.3 Å². The van der Waals surface area contributed by atoms with Crippen LogP contribution in [0.4, 0.5) is 13.2 Å². The number of Topliss-reactive ketones (excluding diaryl/α,β-unsaturated/α-hetero) is 1. The number of ether oxygens (including phenoxy) is 2. The average Bonchev–Trinajstić information content (AvgIpc) is 2.56. The number of ketones is 1. The molecule has 0 radical (unpaired) electrons. The van der Waals surface area contributed by atoms with Crippen LogP contribution in [0.3, 0.4) is 0 Å². The highest BCUT2D eigenvalue weighted by atomic mass is 19.4. The SMILES string of the molecule is CCOC(=O)C1OC(CC)(C(F)(F)F)CC1=O. The molecule has 0 aromatic carbocycles. The van der Waals surface area contributed by atoms with Crippen molar-refractivity contribution in [1.29, 1.82) is 0 Å². The summed E-state index contributed by atoms with van der Waals surface area (Å²) in [6.45, 7) is 2.74. The lowest BCUT2D eigenvalue weighted by atomic mass is 9.95. The van der Waals surface area contributed by atoms with Gasteiger partial charge in [-0.25, -0.2) is 4.79 Å². The van der Waals surface area contributed by atoms with E-state index in [1.54, 1.807) is 0 Å². The number of alkyl halides is 3. The third-order valence-corrected chi connectivity index (χ3v) is 2.68. The van der Waals surface area contributed by atoms with Crippen molar-refractivity contribution in [2.45, 2.75) is 44.6 Å². The molecule has 0 saturated carbocycles. The summed E-state index contributed by atoms with van der Waals surface area (Å²) >= 11 is 0. The molecule has 17 heavy (non-hydrogen) atoms. The number of carbonyl (C=O) groups is 2. The molecule has 0 aromatic heterocycles. The number of hydrogen-bond acceptors (Lipinski definition) is 4. The summed E-state index contributed by atoms with van der Waals surface area (Å²) in [6.07, 6.45) is -7.69. The molecule has 0 aromatic rings. The Hall–Kier alpha value is -1.11. The molecule has 0 spiro atoms. The Morgan fingerprint density at radius 2 is 2.12 bits per heavy atom. The first-order chi connectivity index (χ1) is 7.77. The van der Waals surface area contributed by atoms with Crippen molar-refractivity contribution in [3.63, 3.8) is 0 Å². The number of carbonyl (C=O) groups excluding carboxylic acids is 2. The lowest BCUT2D eigenvalue weighted by Crippen LogP contribution is -2.45. The maximum Gasteiger partial charge on any atom is 0.417 e. The van der Waals surface area contributed by atoms with Crippen LogP contribution < -0.4 is 0 Å². The van der Waals surface area contributed by atoms with Gasteiger partial charge in [-0.1, -0.05) is 6.92 Å². The highest BCUT2D eigenvalue weighted by molar-refractivity contribution is 6.03. The lowest BCUT2D eigenvalue weighted by molar-refractivity contribution is -0.272. The standard InChI is InChI=1S/C10H13F3O4/c1-3-9(10(11,12)13)5-6(14)7(17-9)8(15)16-4-2/h7H,3-5H2,1-2H3. The van der Waals surface area contributed by atoms with E-state index in [-0.39, 0.29) is 6.61 Å². The zero-order valence-corrected chi connectivity index (χ0v) is 9.47. The number of halogens is 3. The molecule has 2 unspecified atom stereocenters. The average molecular weight is 254 g/mol. The Bertz CT molecular complexity index is 326. The van der Waals surface area contributed by atoms with Crippen LogP contribution in [0.5, 0.6) is 0 Å². The summed E-state index contributed by atoms with van der Waals surface area (Å²) in [6, 6.07) is 0. The molecule has 2 atom stereocenters. The molecule has 1 heterocycles. The molecule has 1 saturated heterocycles. The summed E-state index contributed by atoms with van der Waals surface area (Å²) in [5.74, 6) is -1.94. The molecule has 1 fully saturated rings. The first-order valence-electron chi connectivity index (χ1n) is 5.21. The summed E-state index contributed by atoms with van der Waals surface area (Å²) in [7, 11) is 0. The summed E-state index contributed by atoms with van der Waals surface area (Å²) < 4.78 is 47.5. The third kappa shape index (κ3) is 2.43. The molecule has 0 aliphatic carbocycles. The molecule has 4 nitrogen and oxygen atoms in total. The smallest absolute Gasteiger partial charge is 0.417 e. The lowest BCUT2D eigenvalue weighted by Gasteiger charge is -2.29. The van der Waals surface area contributed by atoms with Gasteiger partial charge in [0.05, 0.1) is 6.61 Å². The van der Waals surface area contributed by atoms with E-state index >= 15 is 0 Å². The monoisotopic (exact) mass is 254 g/mol. The molecular formula is C10H13F3O4. The summed E-state index contributed by atoms with van der Waals surface area (Å²) in [5, 5.41) is 0. The quantitative estimate of drug-likeness (QED) is 0.567. The van der Waals surface area contributed by atoms with Crippen molar-refractivity contribution < 1.29 is 32.2 Å². The first-order valence-corrected chi connectivity index (χ1v) is 5.21. The largest absolute Gasteiger partial charge is 0.464 e. The predicted octanol–water partition coefficient (Wildman–Crippen LogP) is 1.62. The minimum Gasteiger partial charge on any atom is -0.464 e. The van der Waals surface area contributed by atoms with Gasteiger partial charge in [0.15, 0.2) is 11.4 Å². The fourth-order valence-corrected chi connectivity index (χ4v) is 1.68. The van der Waals surface area contributed by atoms with Crippen LogP contribution in [0.15, 0.2) is 0 Å². The van der Waals surface area contributed by atoms with Crippen LogP contribution in [0.25, 0.3) is 0 Å². The van der Waals surface area contributed by atoms with E-state index in [2.05, 4.69) is 9.47 Å². The molecule has 7 heteroatoms. The first kappa shape index (κ1) is 14.0. The fraction of sp³-hybridized carbons (Fsp3) is 0.800. The molecule has 1 aliphatic heterocycles. The molecule has 0 amide bonds. The van der Waals surface area contributed by atoms with Crippen molar-refractivity contribution in [1.82, 2.24) is 0 Å².